The molecule has 0 aliphatic heterocycles. The van der Waals surface area contributed by atoms with E-state index in [1.54, 1.807) is 0 Å². The van der Waals surface area contributed by atoms with Gasteiger partial charge in [-0.25, -0.2) is 0 Å². The third-order valence-electron chi connectivity index (χ3n) is 2.59. The molecule has 0 saturated carbocycles. The molecule has 92 valence electrons. The topological polar surface area (TPSA) is 24.1 Å². The molecule has 2 N–H and O–H groups in total. The highest BCUT2D eigenvalue weighted by atomic mass is 32.1. The van der Waals surface area contributed by atoms with E-state index in [9.17, 15) is 0 Å². The van der Waals surface area contributed by atoms with E-state index in [-0.39, 0.29) is 0 Å². The third-order valence-corrected chi connectivity index (χ3v) is 3.61. The molecule has 2 nitrogen and oxygen atoms in total. The van der Waals surface area contributed by atoms with E-state index in [2.05, 4.69) is 42.9 Å². The summed E-state index contributed by atoms with van der Waals surface area (Å²) in [6, 6.07) is 2.80. The number of nitrogens with one attached hydrogen (secondary N) is 2. The van der Waals surface area contributed by atoms with Crippen LogP contribution in [0.25, 0.3) is 0 Å². The second-order valence-corrected chi connectivity index (χ2v) is 5.52. The van der Waals surface area contributed by atoms with Crippen molar-refractivity contribution in [2.75, 3.05) is 13.1 Å². The number of unbranched alkanes of at least 4 members (excludes halogenated alkanes) is 1. The summed E-state index contributed by atoms with van der Waals surface area (Å²) in [4.78, 5) is 1.47. The lowest BCUT2D eigenvalue weighted by atomic mass is 10.2. The molecule has 3 heteroatoms. The Hall–Kier alpha value is -0.380. The zero-order chi connectivity index (χ0) is 11.8. The molecule has 0 fully saturated rings. The van der Waals surface area contributed by atoms with Gasteiger partial charge in [-0.15, -0.1) is 11.3 Å². The molecule has 0 aromatic carbocycles. The van der Waals surface area contributed by atoms with Crippen molar-refractivity contribution in [2.24, 2.45) is 0 Å². The van der Waals surface area contributed by atoms with Crippen LogP contribution in [0.5, 0.6) is 0 Å². The Kier molecular flexibility index (Phi) is 6.69. The molecule has 16 heavy (non-hydrogen) atoms. The normalized spacial score (nSPS) is 11.2. The second-order valence-electron chi connectivity index (χ2n) is 4.52. The molecule has 1 aromatic heterocycles. The first kappa shape index (κ1) is 13.7. The third kappa shape index (κ3) is 5.64. The first-order chi connectivity index (χ1) is 7.70. The lowest BCUT2D eigenvalue weighted by Gasteiger charge is -2.08. The van der Waals surface area contributed by atoms with E-state index in [4.69, 9.17) is 0 Å². The van der Waals surface area contributed by atoms with Crippen molar-refractivity contribution in [3.05, 3.63) is 21.9 Å². The van der Waals surface area contributed by atoms with Gasteiger partial charge in [0, 0.05) is 17.5 Å². The molecular formula is C13H24N2S. The summed E-state index contributed by atoms with van der Waals surface area (Å²) >= 11 is 1.85. The highest BCUT2D eigenvalue weighted by molar-refractivity contribution is 7.10. The minimum atomic E-state index is 0.613. The summed E-state index contributed by atoms with van der Waals surface area (Å²) in [6.07, 6.45) is 2.51. The molecule has 0 aliphatic rings. The highest BCUT2D eigenvalue weighted by Gasteiger charge is 1.98. The average molecular weight is 240 g/mol. The summed E-state index contributed by atoms with van der Waals surface area (Å²) in [5.41, 5.74) is 1.42. The Morgan fingerprint density at radius 2 is 2.00 bits per heavy atom. The van der Waals surface area contributed by atoms with E-state index in [1.807, 2.05) is 11.3 Å². The van der Waals surface area contributed by atoms with E-state index in [0.29, 0.717) is 6.04 Å². The minimum absolute atomic E-state index is 0.613. The Morgan fingerprint density at radius 3 is 2.62 bits per heavy atom. The molecule has 0 spiro atoms. The number of rotatable bonds is 8. The van der Waals surface area contributed by atoms with Gasteiger partial charge in [-0.05, 0) is 49.9 Å². The van der Waals surface area contributed by atoms with Crippen molar-refractivity contribution in [2.45, 2.75) is 46.2 Å². The first-order valence-corrected chi connectivity index (χ1v) is 7.05. The van der Waals surface area contributed by atoms with Crippen LogP contribution in [-0.2, 0) is 6.54 Å². The maximum atomic E-state index is 3.50. The minimum Gasteiger partial charge on any atom is -0.315 e. The van der Waals surface area contributed by atoms with E-state index in [0.717, 1.165) is 19.6 Å². The maximum Gasteiger partial charge on any atom is 0.0302 e. The number of aryl methyl sites for hydroxylation is 1. The summed E-state index contributed by atoms with van der Waals surface area (Å²) in [6.45, 7) is 9.85. The summed E-state index contributed by atoms with van der Waals surface area (Å²) in [7, 11) is 0. The van der Waals surface area contributed by atoms with Crippen molar-refractivity contribution in [3.63, 3.8) is 0 Å². The number of thiophene rings is 1. The summed E-state index contributed by atoms with van der Waals surface area (Å²) < 4.78 is 0. The van der Waals surface area contributed by atoms with Gasteiger partial charge in [0.25, 0.3) is 0 Å². The van der Waals surface area contributed by atoms with Crippen LogP contribution in [0.1, 0.15) is 37.1 Å². The molecule has 0 radical (unpaired) electrons. The molecule has 0 saturated heterocycles. The molecule has 0 atom stereocenters. The van der Waals surface area contributed by atoms with E-state index < -0.39 is 0 Å². The molecule has 0 unspecified atom stereocenters. The second kappa shape index (κ2) is 7.82. The highest BCUT2D eigenvalue weighted by Crippen LogP contribution is 2.14. The SMILES string of the molecule is Cc1ccsc1CNCCCCNC(C)C. The van der Waals surface area contributed by atoms with Crippen LogP contribution >= 0.6 is 11.3 Å². The predicted octanol–water partition coefficient (Wildman–Crippen LogP) is 2.92. The van der Waals surface area contributed by atoms with Gasteiger partial charge in [0.05, 0.1) is 0 Å². The number of hydrogen-bond donors (Lipinski definition) is 2. The number of hydrogen-bond acceptors (Lipinski definition) is 3. The van der Waals surface area contributed by atoms with Crippen molar-refractivity contribution in [3.8, 4) is 0 Å². The molecule has 1 rings (SSSR count). The quantitative estimate of drug-likeness (QED) is 0.683. The van der Waals surface area contributed by atoms with Gasteiger partial charge in [0.1, 0.15) is 0 Å². The van der Waals surface area contributed by atoms with E-state index in [1.165, 1.54) is 23.3 Å². The predicted molar refractivity (Wildman–Crippen MR) is 73.1 cm³/mol. The van der Waals surface area contributed by atoms with Crippen LogP contribution < -0.4 is 10.6 Å². The van der Waals surface area contributed by atoms with Gasteiger partial charge in [0.2, 0.25) is 0 Å². The van der Waals surface area contributed by atoms with Gasteiger partial charge in [-0.3, -0.25) is 0 Å². The van der Waals surface area contributed by atoms with Crippen molar-refractivity contribution < 1.29 is 0 Å². The lowest BCUT2D eigenvalue weighted by Crippen LogP contribution is -2.24. The zero-order valence-corrected chi connectivity index (χ0v) is 11.5. The van der Waals surface area contributed by atoms with Crippen LogP contribution in [0.3, 0.4) is 0 Å². The van der Waals surface area contributed by atoms with Gasteiger partial charge in [-0.2, -0.15) is 0 Å². The van der Waals surface area contributed by atoms with Gasteiger partial charge in [-0.1, -0.05) is 13.8 Å². The molecule has 1 aromatic rings. The fourth-order valence-electron chi connectivity index (χ4n) is 1.55. The first-order valence-electron chi connectivity index (χ1n) is 6.17. The van der Waals surface area contributed by atoms with E-state index >= 15 is 0 Å². The van der Waals surface area contributed by atoms with Crippen LogP contribution in [0.15, 0.2) is 11.4 Å². The van der Waals surface area contributed by atoms with Gasteiger partial charge >= 0.3 is 0 Å². The Bertz CT molecular complexity index is 281. The van der Waals surface area contributed by atoms with Crippen LogP contribution in [-0.4, -0.2) is 19.1 Å². The monoisotopic (exact) mass is 240 g/mol. The fraction of sp³-hybridized carbons (Fsp3) is 0.692. The van der Waals surface area contributed by atoms with Crippen molar-refractivity contribution in [1.82, 2.24) is 10.6 Å². The maximum absolute atomic E-state index is 3.50. The molecule has 0 bridgehead atoms. The average Bonchev–Trinajstić information content (AvgIpc) is 2.62. The molecule has 0 aliphatic carbocycles. The molecular weight excluding hydrogens is 216 g/mol. The smallest absolute Gasteiger partial charge is 0.0302 e. The summed E-state index contributed by atoms with van der Waals surface area (Å²) in [5.74, 6) is 0. The van der Waals surface area contributed by atoms with Crippen LogP contribution in [0.4, 0.5) is 0 Å². The molecule has 1 heterocycles. The molecule has 0 amide bonds. The Morgan fingerprint density at radius 1 is 1.25 bits per heavy atom. The van der Waals surface area contributed by atoms with Crippen LogP contribution in [0.2, 0.25) is 0 Å². The van der Waals surface area contributed by atoms with Crippen molar-refractivity contribution >= 4 is 11.3 Å². The van der Waals surface area contributed by atoms with Gasteiger partial charge < -0.3 is 10.6 Å². The van der Waals surface area contributed by atoms with Crippen molar-refractivity contribution in [1.29, 1.82) is 0 Å². The van der Waals surface area contributed by atoms with Gasteiger partial charge in [0.15, 0.2) is 0 Å². The largest absolute Gasteiger partial charge is 0.315 e. The Labute approximate surface area is 103 Å². The van der Waals surface area contributed by atoms with Crippen LogP contribution in [0, 0.1) is 6.92 Å². The lowest BCUT2D eigenvalue weighted by molar-refractivity contribution is 0.542. The zero-order valence-electron chi connectivity index (χ0n) is 10.7. The standard InChI is InChI=1S/C13H24N2S/c1-11(2)15-8-5-4-7-14-10-13-12(3)6-9-16-13/h6,9,11,14-15H,4-5,7-8,10H2,1-3H3. The summed E-state index contributed by atoms with van der Waals surface area (Å²) in [5, 5.41) is 9.10. The Balaban J connectivity index is 1.94. The fourth-order valence-corrected chi connectivity index (χ4v) is 2.43.